The van der Waals surface area contributed by atoms with E-state index in [0.717, 1.165) is 18.4 Å². The fourth-order valence-electron chi connectivity index (χ4n) is 2.90. The minimum atomic E-state index is -0.0938. The van der Waals surface area contributed by atoms with Crippen molar-refractivity contribution in [2.45, 2.75) is 44.5 Å². The zero-order valence-corrected chi connectivity index (χ0v) is 8.99. The molecule has 2 aliphatic heterocycles. The van der Waals surface area contributed by atoms with Gasteiger partial charge in [0.2, 0.25) is 0 Å². The van der Waals surface area contributed by atoms with Crippen LogP contribution in [0.15, 0.2) is 18.2 Å². The van der Waals surface area contributed by atoms with Crippen molar-refractivity contribution in [1.29, 1.82) is 0 Å². The van der Waals surface area contributed by atoms with E-state index in [0.29, 0.717) is 6.10 Å². The number of hydrogen-bond acceptors (Lipinski definition) is 2. The van der Waals surface area contributed by atoms with Gasteiger partial charge in [0.15, 0.2) is 0 Å². The van der Waals surface area contributed by atoms with E-state index in [9.17, 15) is 0 Å². The van der Waals surface area contributed by atoms with Crippen LogP contribution in [0, 0.1) is 0 Å². The molecule has 0 spiro atoms. The van der Waals surface area contributed by atoms with Crippen LogP contribution in [-0.4, -0.2) is 11.2 Å². The maximum absolute atomic E-state index is 9.15. The van der Waals surface area contributed by atoms with Crippen LogP contribution in [-0.2, 0) is 23.4 Å². The van der Waals surface area contributed by atoms with Crippen molar-refractivity contribution in [3.63, 3.8) is 0 Å². The van der Waals surface area contributed by atoms with Crippen molar-refractivity contribution in [2.75, 3.05) is 0 Å². The van der Waals surface area contributed by atoms with Crippen molar-refractivity contribution in [3.05, 3.63) is 34.9 Å². The molecule has 0 amide bonds. The molecule has 1 N–H and O–H groups in total. The Morgan fingerprint density at radius 3 is 3.20 bits per heavy atom. The first-order valence-electron chi connectivity index (χ1n) is 5.62. The molecule has 3 rings (SSSR count). The molecule has 2 heteroatoms. The fourth-order valence-corrected chi connectivity index (χ4v) is 2.90. The molecule has 2 atom stereocenters. The topological polar surface area (TPSA) is 29.5 Å². The van der Waals surface area contributed by atoms with Gasteiger partial charge in [-0.25, -0.2) is 0 Å². The molecule has 1 aromatic carbocycles. The predicted octanol–water partition coefficient (Wildman–Crippen LogP) is 2.13. The average molecular weight is 204 g/mol. The van der Waals surface area contributed by atoms with E-state index >= 15 is 0 Å². The van der Waals surface area contributed by atoms with Crippen LogP contribution in [0.5, 0.6) is 0 Å². The van der Waals surface area contributed by atoms with Gasteiger partial charge in [-0.05, 0) is 42.9 Å². The molecule has 1 aromatic rings. The second-order valence-corrected chi connectivity index (χ2v) is 4.86. The Balaban J connectivity index is 2.13. The van der Waals surface area contributed by atoms with Gasteiger partial charge in [-0.3, -0.25) is 0 Å². The third-order valence-corrected chi connectivity index (χ3v) is 3.74. The third-order valence-electron chi connectivity index (χ3n) is 3.74. The lowest BCUT2D eigenvalue weighted by Gasteiger charge is -2.33. The van der Waals surface area contributed by atoms with Gasteiger partial charge < -0.3 is 9.84 Å². The number of aliphatic hydroxyl groups is 1. The zero-order chi connectivity index (χ0) is 10.5. The van der Waals surface area contributed by atoms with Crippen molar-refractivity contribution in [1.82, 2.24) is 0 Å². The molecule has 2 nitrogen and oxygen atoms in total. The first-order valence-corrected chi connectivity index (χ1v) is 5.62. The zero-order valence-electron chi connectivity index (χ0n) is 8.99. The Kier molecular flexibility index (Phi) is 1.91. The van der Waals surface area contributed by atoms with Gasteiger partial charge in [0.25, 0.3) is 0 Å². The Morgan fingerprint density at radius 1 is 1.53 bits per heavy atom. The highest BCUT2D eigenvalue weighted by molar-refractivity contribution is 5.39. The summed E-state index contributed by atoms with van der Waals surface area (Å²) in [6, 6.07) is 6.28. The lowest BCUT2D eigenvalue weighted by atomic mass is 9.87. The maximum Gasteiger partial charge on any atom is 0.0910 e. The van der Waals surface area contributed by atoms with Crippen LogP contribution in [0.25, 0.3) is 0 Å². The normalized spacial score (nSPS) is 32.8. The molecule has 1 saturated heterocycles. The molecule has 15 heavy (non-hydrogen) atoms. The summed E-state index contributed by atoms with van der Waals surface area (Å²) in [6.45, 7) is 2.29. The molecule has 0 unspecified atom stereocenters. The molecule has 2 heterocycles. The van der Waals surface area contributed by atoms with E-state index in [-0.39, 0.29) is 12.2 Å². The number of fused-ring (bicyclic) bond motifs is 4. The number of aliphatic hydroxyl groups excluding tert-OH is 1. The Hall–Kier alpha value is -0.860. The van der Waals surface area contributed by atoms with Crippen molar-refractivity contribution < 1.29 is 9.84 Å². The Bertz CT molecular complexity index is 400. The summed E-state index contributed by atoms with van der Waals surface area (Å²) >= 11 is 0. The molecular formula is C13H16O2. The van der Waals surface area contributed by atoms with Crippen LogP contribution in [0.4, 0.5) is 0 Å². The summed E-state index contributed by atoms with van der Waals surface area (Å²) < 4.78 is 6.03. The first kappa shape index (κ1) is 9.37. The molecular weight excluding hydrogens is 188 g/mol. The van der Waals surface area contributed by atoms with Crippen molar-refractivity contribution in [3.8, 4) is 0 Å². The Labute approximate surface area is 89.9 Å². The van der Waals surface area contributed by atoms with Gasteiger partial charge in [0, 0.05) is 0 Å². The molecule has 2 aliphatic rings. The van der Waals surface area contributed by atoms with Crippen LogP contribution >= 0.6 is 0 Å². The molecule has 2 bridgehead atoms. The van der Waals surface area contributed by atoms with Crippen LogP contribution < -0.4 is 0 Å². The third kappa shape index (κ3) is 1.32. The summed E-state index contributed by atoms with van der Waals surface area (Å²) in [5, 5.41) is 9.15. The van der Waals surface area contributed by atoms with Gasteiger partial charge in [0.05, 0.1) is 18.3 Å². The molecule has 0 saturated carbocycles. The molecule has 80 valence electrons. The van der Waals surface area contributed by atoms with E-state index in [1.807, 2.05) is 6.07 Å². The number of rotatable bonds is 1. The minimum absolute atomic E-state index is 0.0938. The Morgan fingerprint density at radius 2 is 2.40 bits per heavy atom. The smallest absolute Gasteiger partial charge is 0.0910 e. The van der Waals surface area contributed by atoms with E-state index in [2.05, 4.69) is 19.1 Å². The summed E-state index contributed by atoms with van der Waals surface area (Å²) in [6.07, 6.45) is 3.73. The molecule has 0 aromatic heterocycles. The lowest BCUT2D eigenvalue weighted by Crippen LogP contribution is -2.30. The van der Waals surface area contributed by atoms with E-state index < -0.39 is 0 Å². The van der Waals surface area contributed by atoms with Crippen LogP contribution in [0.1, 0.15) is 36.5 Å². The van der Waals surface area contributed by atoms with Crippen LogP contribution in [0.2, 0.25) is 0 Å². The highest BCUT2D eigenvalue weighted by atomic mass is 16.5. The second-order valence-electron chi connectivity index (χ2n) is 4.86. The highest BCUT2D eigenvalue weighted by Gasteiger charge is 2.42. The number of benzene rings is 1. The molecule has 0 radical (unpaired) electrons. The maximum atomic E-state index is 9.15. The van der Waals surface area contributed by atoms with Crippen molar-refractivity contribution in [2.24, 2.45) is 0 Å². The molecule has 0 aliphatic carbocycles. The van der Waals surface area contributed by atoms with Gasteiger partial charge >= 0.3 is 0 Å². The monoisotopic (exact) mass is 204 g/mol. The minimum Gasteiger partial charge on any atom is -0.392 e. The van der Waals surface area contributed by atoms with Gasteiger partial charge in [-0.1, -0.05) is 18.2 Å². The average Bonchev–Trinajstić information content (AvgIpc) is 2.56. The van der Waals surface area contributed by atoms with E-state index in [1.54, 1.807) is 0 Å². The molecule has 1 fully saturated rings. The van der Waals surface area contributed by atoms with Gasteiger partial charge in [-0.15, -0.1) is 0 Å². The number of ether oxygens (including phenoxy) is 1. The van der Waals surface area contributed by atoms with Crippen LogP contribution in [0.3, 0.4) is 0 Å². The summed E-state index contributed by atoms with van der Waals surface area (Å²) in [7, 11) is 0. The lowest BCUT2D eigenvalue weighted by molar-refractivity contribution is -0.0438. The first-order chi connectivity index (χ1) is 7.21. The standard InChI is InChI=1S/C13H16O2/c1-13-5-4-11(15-13)7-10-3-2-9(8-14)6-12(10)13/h2-3,6,11,14H,4-5,7-8H2,1H3/t11-,13+/m0/s1. The largest absolute Gasteiger partial charge is 0.392 e. The predicted molar refractivity (Wildman–Crippen MR) is 57.5 cm³/mol. The van der Waals surface area contributed by atoms with E-state index in [1.165, 1.54) is 17.5 Å². The van der Waals surface area contributed by atoms with Crippen molar-refractivity contribution >= 4 is 0 Å². The van der Waals surface area contributed by atoms with Gasteiger partial charge in [0.1, 0.15) is 0 Å². The SMILES string of the molecule is C[C@@]12CC[C@@H](Cc3ccc(CO)cc31)O2. The highest BCUT2D eigenvalue weighted by Crippen LogP contribution is 2.45. The fraction of sp³-hybridized carbons (Fsp3) is 0.538. The number of hydrogen-bond donors (Lipinski definition) is 1. The quantitative estimate of drug-likeness (QED) is 0.759. The van der Waals surface area contributed by atoms with Gasteiger partial charge in [-0.2, -0.15) is 0 Å². The summed E-state index contributed by atoms with van der Waals surface area (Å²) in [5.74, 6) is 0. The van der Waals surface area contributed by atoms with E-state index in [4.69, 9.17) is 9.84 Å². The summed E-state index contributed by atoms with van der Waals surface area (Å²) in [5.41, 5.74) is 3.60. The second kappa shape index (κ2) is 3.06. The summed E-state index contributed by atoms with van der Waals surface area (Å²) in [4.78, 5) is 0.